The smallest absolute Gasteiger partial charge is 0.415 e. The second kappa shape index (κ2) is 11.5. The minimum Gasteiger partial charge on any atom is -0.460 e. The lowest BCUT2D eigenvalue weighted by Crippen LogP contribution is -2.54. The molecule has 1 N–H and O–H groups in total. The molecule has 0 saturated carbocycles. The number of amides is 1. The van der Waals surface area contributed by atoms with Crippen LogP contribution in [-0.4, -0.2) is 35.0 Å². The highest BCUT2D eigenvalue weighted by Crippen LogP contribution is 2.55. The molecular formula is C29H36BrClFNO5. The highest BCUT2D eigenvalue weighted by molar-refractivity contribution is 9.10. The predicted octanol–water partition coefficient (Wildman–Crippen LogP) is 7.56. The fourth-order valence-electron chi connectivity index (χ4n) is 5.07. The largest absolute Gasteiger partial charge is 0.460 e. The van der Waals surface area contributed by atoms with Crippen molar-refractivity contribution in [2.45, 2.75) is 84.0 Å². The zero-order valence-corrected chi connectivity index (χ0v) is 25.1. The molecule has 3 rings (SSSR count). The number of anilines is 1. The second-order valence-electron chi connectivity index (χ2n) is 11.6. The van der Waals surface area contributed by atoms with Crippen LogP contribution in [0.25, 0.3) is 0 Å². The molecule has 2 aromatic rings. The van der Waals surface area contributed by atoms with Crippen LogP contribution in [0.5, 0.6) is 0 Å². The van der Waals surface area contributed by atoms with Crippen molar-refractivity contribution in [3.63, 3.8) is 0 Å². The van der Waals surface area contributed by atoms with Gasteiger partial charge < -0.3 is 14.6 Å². The van der Waals surface area contributed by atoms with Gasteiger partial charge in [0.25, 0.3) is 0 Å². The number of aliphatic hydroxyl groups excluding tert-OH is 1. The Morgan fingerprint density at radius 2 is 1.74 bits per heavy atom. The van der Waals surface area contributed by atoms with E-state index in [9.17, 15) is 14.7 Å². The molecule has 0 fully saturated rings. The summed E-state index contributed by atoms with van der Waals surface area (Å²) < 4.78 is 26.9. The fourth-order valence-corrected chi connectivity index (χ4v) is 5.77. The number of hydrogen-bond donors (Lipinski definition) is 1. The van der Waals surface area contributed by atoms with Gasteiger partial charge in [0.05, 0.1) is 22.7 Å². The van der Waals surface area contributed by atoms with Gasteiger partial charge in [-0.05, 0) is 93.4 Å². The molecule has 0 bridgehead atoms. The van der Waals surface area contributed by atoms with Gasteiger partial charge in [-0.15, -0.1) is 0 Å². The maximum absolute atomic E-state index is 15.0. The van der Waals surface area contributed by atoms with Crippen molar-refractivity contribution in [1.29, 1.82) is 0 Å². The summed E-state index contributed by atoms with van der Waals surface area (Å²) in [4.78, 5) is 28.7. The van der Waals surface area contributed by atoms with Gasteiger partial charge in [0.1, 0.15) is 17.0 Å². The second-order valence-corrected chi connectivity index (χ2v) is 12.8. The van der Waals surface area contributed by atoms with Gasteiger partial charge in [0.2, 0.25) is 0 Å². The normalized spacial score (nSPS) is 18.2. The first-order valence-corrected chi connectivity index (χ1v) is 13.9. The molecule has 0 aromatic heterocycles. The van der Waals surface area contributed by atoms with Gasteiger partial charge in [-0.2, -0.15) is 0 Å². The number of rotatable bonds is 7. The lowest BCUT2D eigenvalue weighted by Gasteiger charge is -2.45. The maximum Gasteiger partial charge on any atom is 0.415 e. The quantitative estimate of drug-likeness (QED) is 0.258. The van der Waals surface area contributed by atoms with E-state index in [2.05, 4.69) is 15.9 Å². The summed E-state index contributed by atoms with van der Waals surface area (Å²) in [6, 6.07) is 10.6. The van der Waals surface area contributed by atoms with Crippen LogP contribution in [0.4, 0.5) is 14.9 Å². The van der Waals surface area contributed by atoms with E-state index in [-0.39, 0.29) is 24.5 Å². The molecule has 2 aromatic carbocycles. The average molecular weight is 613 g/mol. The van der Waals surface area contributed by atoms with Crippen LogP contribution in [0.1, 0.15) is 71.9 Å². The Morgan fingerprint density at radius 1 is 1.13 bits per heavy atom. The summed E-state index contributed by atoms with van der Waals surface area (Å²) >= 11 is 9.74. The Kier molecular flexibility index (Phi) is 9.21. The lowest BCUT2D eigenvalue weighted by atomic mass is 9.71. The SMILES string of the molecule is CC(C)(C)OC(=O)C[C@@H](CCCO)[C@@]1(c2ccccc2)Cc2c(cc(F)c(Cl)c2Br)N1C(=O)OC(C)(C)C. The van der Waals surface area contributed by atoms with Crippen molar-refractivity contribution in [2.75, 3.05) is 11.5 Å². The molecule has 0 radical (unpaired) electrons. The first-order chi connectivity index (χ1) is 17.6. The third kappa shape index (κ3) is 6.52. The number of esters is 1. The van der Waals surface area contributed by atoms with E-state index < -0.39 is 40.5 Å². The number of hydrogen-bond acceptors (Lipinski definition) is 5. The van der Waals surface area contributed by atoms with Gasteiger partial charge in [-0.25, -0.2) is 9.18 Å². The van der Waals surface area contributed by atoms with Crippen LogP contribution < -0.4 is 4.90 Å². The van der Waals surface area contributed by atoms with Gasteiger partial charge in [-0.1, -0.05) is 41.9 Å². The van der Waals surface area contributed by atoms with Crippen LogP contribution >= 0.6 is 27.5 Å². The number of aliphatic hydroxyl groups is 1. The third-order valence-electron chi connectivity index (χ3n) is 6.40. The first-order valence-electron chi connectivity index (χ1n) is 12.7. The van der Waals surface area contributed by atoms with E-state index in [1.54, 1.807) is 41.5 Å². The third-order valence-corrected chi connectivity index (χ3v) is 7.87. The molecule has 2 atom stereocenters. The molecule has 208 valence electrons. The number of carbonyl (C=O) groups excluding carboxylic acids is 2. The van der Waals surface area contributed by atoms with Crippen molar-refractivity contribution in [3.05, 3.63) is 62.8 Å². The van der Waals surface area contributed by atoms with Crippen molar-refractivity contribution in [2.24, 2.45) is 5.92 Å². The molecule has 1 aliphatic heterocycles. The molecule has 9 heteroatoms. The van der Waals surface area contributed by atoms with E-state index in [1.807, 2.05) is 30.3 Å². The number of benzene rings is 2. The summed E-state index contributed by atoms with van der Waals surface area (Å²) in [5.41, 5.74) is -1.01. The summed E-state index contributed by atoms with van der Waals surface area (Å²) in [7, 11) is 0. The van der Waals surface area contributed by atoms with E-state index in [4.69, 9.17) is 21.1 Å². The molecule has 6 nitrogen and oxygen atoms in total. The van der Waals surface area contributed by atoms with Gasteiger partial charge >= 0.3 is 12.1 Å². The number of halogens is 3. The molecule has 0 aliphatic carbocycles. The standard InChI is InChI=1S/C29H36BrClFNO5/c1-27(2,3)37-23(35)15-19(13-10-14-34)29(18-11-8-7-9-12-18)17-20-22(16-21(32)25(31)24(20)30)33(29)26(36)38-28(4,5)6/h7-9,11-12,16,19,34H,10,13-15,17H2,1-6H3/t19-,29+/m1/s1. The zero-order valence-electron chi connectivity index (χ0n) is 22.7. The Labute approximate surface area is 237 Å². The van der Waals surface area contributed by atoms with E-state index >= 15 is 4.39 Å². The fraction of sp³-hybridized carbons (Fsp3) is 0.517. The number of carbonyl (C=O) groups is 2. The van der Waals surface area contributed by atoms with E-state index in [1.165, 1.54) is 11.0 Å². The van der Waals surface area contributed by atoms with Crippen molar-refractivity contribution in [1.82, 2.24) is 0 Å². The van der Waals surface area contributed by atoms with E-state index in [0.717, 1.165) is 5.56 Å². The van der Waals surface area contributed by atoms with Crippen LogP contribution in [0, 0.1) is 11.7 Å². The average Bonchev–Trinajstić information content (AvgIpc) is 3.14. The predicted molar refractivity (Wildman–Crippen MR) is 150 cm³/mol. The summed E-state index contributed by atoms with van der Waals surface area (Å²) in [5, 5.41) is 9.67. The molecule has 1 aliphatic rings. The van der Waals surface area contributed by atoms with Gasteiger partial charge in [0.15, 0.2) is 0 Å². The summed E-state index contributed by atoms with van der Waals surface area (Å²) in [6.07, 6.45) is 0.313. The highest BCUT2D eigenvalue weighted by atomic mass is 79.9. The topological polar surface area (TPSA) is 76.1 Å². The van der Waals surface area contributed by atoms with Crippen molar-refractivity contribution < 1.29 is 28.6 Å². The molecule has 0 saturated heterocycles. The molecule has 38 heavy (non-hydrogen) atoms. The molecule has 0 unspecified atom stereocenters. The molecule has 1 amide bonds. The van der Waals surface area contributed by atoms with Gasteiger partial charge in [-0.3, -0.25) is 9.69 Å². The Balaban J connectivity index is 2.32. The molecular weight excluding hydrogens is 577 g/mol. The van der Waals surface area contributed by atoms with E-state index in [0.29, 0.717) is 28.6 Å². The highest BCUT2D eigenvalue weighted by Gasteiger charge is 2.55. The maximum atomic E-state index is 15.0. The Bertz CT molecular complexity index is 1180. The first kappa shape index (κ1) is 30.4. The Morgan fingerprint density at radius 3 is 2.29 bits per heavy atom. The van der Waals surface area contributed by atoms with Gasteiger partial charge in [0, 0.05) is 17.5 Å². The number of nitrogens with zero attached hydrogens (tertiary/aromatic N) is 1. The van der Waals surface area contributed by atoms with Crippen LogP contribution in [0.3, 0.4) is 0 Å². The van der Waals surface area contributed by atoms with Crippen LogP contribution in [0.15, 0.2) is 40.9 Å². The minimum atomic E-state index is -1.16. The lowest BCUT2D eigenvalue weighted by molar-refractivity contribution is -0.156. The van der Waals surface area contributed by atoms with Crippen LogP contribution in [-0.2, 0) is 26.2 Å². The molecule has 1 heterocycles. The minimum absolute atomic E-state index is 0.0344. The summed E-state index contributed by atoms with van der Waals surface area (Å²) in [6.45, 7) is 10.6. The van der Waals surface area contributed by atoms with Crippen molar-refractivity contribution in [3.8, 4) is 0 Å². The number of fused-ring (bicyclic) bond motifs is 1. The molecule has 0 spiro atoms. The Hall–Kier alpha value is -2.16. The van der Waals surface area contributed by atoms with Crippen LogP contribution in [0.2, 0.25) is 5.02 Å². The zero-order chi connectivity index (χ0) is 28.5. The summed E-state index contributed by atoms with van der Waals surface area (Å²) in [5.74, 6) is -1.63. The van der Waals surface area contributed by atoms with Crippen molar-refractivity contribution >= 4 is 45.3 Å². The number of ether oxygens (including phenoxy) is 2. The monoisotopic (exact) mass is 611 g/mol.